The monoisotopic (exact) mass is 268 g/mol. The van der Waals surface area contributed by atoms with Gasteiger partial charge in [0.1, 0.15) is 0 Å². The van der Waals surface area contributed by atoms with E-state index < -0.39 is 17.3 Å². The lowest BCUT2D eigenvalue weighted by Crippen LogP contribution is -2.49. The molecular weight excluding hydrogens is 244 g/mol. The van der Waals surface area contributed by atoms with E-state index in [1.165, 1.54) is 0 Å². The highest BCUT2D eigenvalue weighted by Crippen LogP contribution is 2.58. The van der Waals surface area contributed by atoms with E-state index in [-0.39, 0.29) is 17.9 Å². The quantitative estimate of drug-likeness (QED) is 0.794. The van der Waals surface area contributed by atoms with E-state index in [4.69, 9.17) is 5.11 Å². The Labute approximate surface area is 114 Å². The number of carboxylic acids is 1. The van der Waals surface area contributed by atoms with E-state index in [0.29, 0.717) is 5.92 Å². The molecule has 2 rings (SSSR count). The van der Waals surface area contributed by atoms with Gasteiger partial charge in [0.2, 0.25) is 5.91 Å². The van der Waals surface area contributed by atoms with Gasteiger partial charge in [-0.2, -0.15) is 0 Å². The highest BCUT2D eigenvalue weighted by Gasteiger charge is 2.66. The summed E-state index contributed by atoms with van der Waals surface area (Å²) in [5.41, 5.74) is -0.412. The van der Waals surface area contributed by atoms with Crippen molar-refractivity contribution in [3.05, 3.63) is 0 Å². The van der Waals surface area contributed by atoms with Crippen molar-refractivity contribution in [2.75, 3.05) is 20.1 Å². The number of nitrogens with zero attached hydrogens (tertiary/aromatic N) is 1. The van der Waals surface area contributed by atoms with Crippen LogP contribution < -0.4 is 5.32 Å². The molecule has 2 aliphatic rings. The molecule has 5 nitrogen and oxygen atoms in total. The first-order chi connectivity index (χ1) is 8.75. The second-order valence-electron chi connectivity index (χ2n) is 6.76. The minimum atomic E-state index is -0.860. The molecule has 0 radical (unpaired) electrons. The maximum absolute atomic E-state index is 12.2. The lowest BCUT2D eigenvalue weighted by molar-refractivity contribution is -0.140. The zero-order valence-electron chi connectivity index (χ0n) is 12.1. The number of likely N-dealkylation sites (tertiary alicyclic amines) is 1. The first kappa shape index (κ1) is 14.3. The van der Waals surface area contributed by atoms with Crippen LogP contribution in [0.4, 0.5) is 0 Å². The van der Waals surface area contributed by atoms with Gasteiger partial charge < -0.3 is 15.3 Å². The van der Waals surface area contributed by atoms with Gasteiger partial charge in [0, 0.05) is 12.6 Å². The van der Waals surface area contributed by atoms with E-state index in [9.17, 15) is 9.59 Å². The van der Waals surface area contributed by atoms with Crippen molar-refractivity contribution in [3.8, 4) is 0 Å². The Balaban J connectivity index is 1.94. The third kappa shape index (κ3) is 2.61. The summed E-state index contributed by atoms with van der Waals surface area (Å²) in [5, 5.41) is 12.2. The van der Waals surface area contributed by atoms with Gasteiger partial charge in [-0.05, 0) is 31.3 Å². The number of hydrogen-bond acceptors (Lipinski definition) is 3. The number of aliphatic carboxylic acids is 1. The van der Waals surface area contributed by atoms with Gasteiger partial charge in [-0.25, -0.2) is 0 Å². The lowest BCUT2D eigenvalue weighted by Gasteiger charge is -2.35. The summed E-state index contributed by atoms with van der Waals surface area (Å²) in [4.78, 5) is 25.6. The maximum atomic E-state index is 12.2. The molecule has 2 N–H and O–H groups in total. The zero-order valence-corrected chi connectivity index (χ0v) is 12.1. The van der Waals surface area contributed by atoms with E-state index in [1.807, 2.05) is 13.8 Å². The Hall–Kier alpha value is -1.10. The molecule has 0 aromatic rings. The highest BCUT2D eigenvalue weighted by atomic mass is 16.4. The molecule has 1 aliphatic carbocycles. The summed E-state index contributed by atoms with van der Waals surface area (Å²) in [6.07, 6.45) is 0.939. The minimum Gasteiger partial charge on any atom is -0.481 e. The lowest BCUT2D eigenvalue weighted by atomic mass is 9.94. The van der Waals surface area contributed by atoms with Crippen molar-refractivity contribution in [2.45, 2.75) is 33.2 Å². The van der Waals surface area contributed by atoms with Crippen LogP contribution in [0.3, 0.4) is 0 Å². The van der Waals surface area contributed by atoms with Gasteiger partial charge >= 0.3 is 5.97 Å². The second kappa shape index (κ2) is 4.78. The van der Waals surface area contributed by atoms with Crippen LogP contribution in [0.2, 0.25) is 0 Å². The summed E-state index contributed by atoms with van der Waals surface area (Å²) in [7, 11) is 2.08. The molecule has 0 aromatic carbocycles. The summed E-state index contributed by atoms with van der Waals surface area (Å²) in [6, 6.07) is 0.176. The average molecular weight is 268 g/mol. The van der Waals surface area contributed by atoms with E-state index in [0.717, 1.165) is 19.5 Å². The molecule has 1 amide bonds. The largest absolute Gasteiger partial charge is 0.481 e. The van der Waals surface area contributed by atoms with Crippen LogP contribution in [0, 0.1) is 23.2 Å². The van der Waals surface area contributed by atoms with Crippen LogP contribution in [0.5, 0.6) is 0 Å². The van der Waals surface area contributed by atoms with Crippen molar-refractivity contribution >= 4 is 11.9 Å². The molecule has 1 aliphatic heterocycles. The average Bonchev–Trinajstić information content (AvgIpc) is 2.86. The van der Waals surface area contributed by atoms with E-state index >= 15 is 0 Å². The van der Waals surface area contributed by atoms with Crippen LogP contribution in [0.15, 0.2) is 0 Å². The smallest absolute Gasteiger partial charge is 0.307 e. The number of nitrogens with one attached hydrogen (secondary N) is 1. The van der Waals surface area contributed by atoms with Crippen LogP contribution in [-0.4, -0.2) is 48.1 Å². The molecule has 19 heavy (non-hydrogen) atoms. The van der Waals surface area contributed by atoms with Crippen molar-refractivity contribution in [2.24, 2.45) is 23.2 Å². The standard InChI is InChI=1S/C14H24N2O3/c1-8-7-16(4)6-5-9(8)15-12(17)10-11(13(18)19)14(10,2)3/h8-11H,5-7H2,1-4H3,(H,15,17)(H,18,19). The molecule has 108 valence electrons. The number of carbonyl (C=O) groups is 2. The van der Waals surface area contributed by atoms with Gasteiger partial charge in [0.05, 0.1) is 11.8 Å². The molecule has 4 atom stereocenters. The minimum absolute atomic E-state index is 0.0844. The molecule has 1 saturated carbocycles. The SMILES string of the molecule is CC1CN(C)CCC1NC(=O)C1C(C(=O)O)C1(C)C. The Morgan fingerprint density at radius 1 is 1.32 bits per heavy atom. The number of rotatable bonds is 3. The third-order valence-corrected chi connectivity index (χ3v) is 4.81. The normalized spacial score (nSPS) is 37.7. The van der Waals surface area contributed by atoms with Crippen molar-refractivity contribution in [3.63, 3.8) is 0 Å². The van der Waals surface area contributed by atoms with Gasteiger partial charge in [0.15, 0.2) is 0 Å². The van der Waals surface area contributed by atoms with Crippen LogP contribution in [0.1, 0.15) is 27.2 Å². The fourth-order valence-corrected chi connectivity index (χ4v) is 3.43. The van der Waals surface area contributed by atoms with Crippen LogP contribution in [0.25, 0.3) is 0 Å². The van der Waals surface area contributed by atoms with E-state index in [1.54, 1.807) is 0 Å². The Bertz CT molecular complexity index is 394. The summed E-state index contributed by atoms with van der Waals surface area (Å²) >= 11 is 0. The second-order valence-corrected chi connectivity index (χ2v) is 6.76. The van der Waals surface area contributed by atoms with Crippen LogP contribution >= 0.6 is 0 Å². The first-order valence-electron chi connectivity index (χ1n) is 6.97. The number of carbonyl (C=O) groups excluding carboxylic acids is 1. The predicted octanol–water partition coefficient (Wildman–Crippen LogP) is 0.800. The Morgan fingerprint density at radius 2 is 1.95 bits per heavy atom. The predicted molar refractivity (Wildman–Crippen MR) is 71.6 cm³/mol. The number of hydrogen-bond donors (Lipinski definition) is 2. The summed E-state index contributed by atoms with van der Waals surface area (Å²) < 4.78 is 0. The van der Waals surface area contributed by atoms with Gasteiger partial charge in [-0.15, -0.1) is 0 Å². The Kier molecular flexibility index (Phi) is 3.60. The molecule has 0 spiro atoms. The summed E-state index contributed by atoms with van der Waals surface area (Å²) in [5.74, 6) is -1.45. The number of amides is 1. The molecule has 2 fully saturated rings. The number of carboxylic acid groups (broad SMARTS) is 1. The topological polar surface area (TPSA) is 69.6 Å². The maximum Gasteiger partial charge on any atom is 0.307 e. The molecule has 0 bridgehead atoms. The third-order valence-electron chi connectivity index (χ3n) is 4.81. The van der Waals surface area contributed by atoms with Gasteiger partial charge in [-0.3, -0.25) is 9.59 Å². The van der Waals surface area contributed by atoms with Crippen molar-refractivity contribution in [1.29, 1.82) is 0 Å². The molecule has 5 heteroatoms. The van der Waals surface area contributed by atoms with Crippen LogP contribution in [-0.2, 0) is 9.59 Å². The van der Waals surface area contributed by atoms with Gasteiger partial charge in [0.25, 0.3) is 0 Å². The zero-order chi connectivity index (χ0) is 14.4. The molecule has 4 unspecified atom stereocenters. The fraction of sp³-hybridized carbons (Fsp3) is 0.857. The fourth-order valence-electron chi connectivity index (χ4n) is 3.43. The molecule has 1 saturated heterocycles. The molecular formula is C14H24N2O3. The summed E-state index contributed by atoms with van der Waals surface area (Å²) in [6.45, 7) is 7.79. The molecule has 1 heterocycles. The molecule has 0 aromatic heterocycles. The van der Waals surface area contributed by atoms with E-state index in [2.05, 4.69) is 24.2 Å². The van der Waals surface area contributed by atoms with Gasteiger partial charge in [-0.1, -0.05) is 20.8 Å². The van der Waals surface area contributed by atoms with Crippen molar-refractivity contribution < 1.29 is 14.7 Å². The first-order valence-corrected chi connectivity index (χ1v) is 6.97. The van der Waals surface area contributed by atoms with Crippen molar-refractivity contribution in [1.82, 2.24) is 10.2 Å². The number of piperidine rings is 1. The Morgan fingerprint density at radius 3 is 2.42 bits per heavy atom. The highest BCUT2D eigenvalue weighted by molar-refractivity contribution is 5.91.